The smallest absolute Gasteiger partial charge is 0.0461 e. The maximum absolute atomic E-state index is 5.94. The molecule has 1 aliphatic heterocycles. The van der Waals surface area contributed by atoms with Crippen molar-refractivity contribution in [3.8, 4) is 0 Å². The van der Waals surface area contributed by atoms with Crippen molar-refractivity contribution in [2.24, 2.45) is 5.73 Å². The molecule has 144 valence electrons. The van der Waals surface area contributed by atoms with Crippen molar-refractivity contribution in [3.05, 3.63) is 84.6 Å². The van der Waals surface area contributed by atoms with Crippen LogP contribution in [-0.4, -0.2) is 40.5 Å². The second-order valence-electron chi connectivity index (χ2n) is 7.70. The lowest BCUT2D eigenvalue weighted by Crippen LogP contribution is -2.50. The lowest BCUT2D eigenvalue weighted by molar-refractivity contribution is 0.123. The Morgan fingerprint density at radius 3 is 2.64 bits per heavy atom. The SMILES string of the molecule is C=C(N)c1c[nH]c2ccc(C(=C)N3CCN(Cc4ccccc4)CC3C)cc12. The van der Waals surface area contributed by atoms with Gasteiger partial charge in [-0.15, -0.1) is 0 Å². The van der Waals surface area contributed by atoms with Gasteiger partial charge in [0.25, 0.3) is 0 Å². The number of aromatic amines is 1. The van der Waals surface area contributed by atoms with Gasteiger partial charge in [0.15, 0.2) is 0 Å². The fourth-order valence-electron chi connectivity index (χ4n) is 4.15. The first-order chi connectivity index (χ1) is 13.5. The quantitative estimate of drug-likeness (QED) is 0.703. The van der Waals surface area contributed by atoms with E-state index in [1.54, 1.807) is 0 Å². The van der Waals surface area contributed by atoms with E-state index in [0.29, 0.717) is 11.7 Å². The zero-order valence-corrected chi connectivity index (χ0v) is 16.5. The Morgan fingerprint density at radius 1 is 1.14 bits per heavy atom. The Morgan fingerprint density at radius 2 is 1.93 bits per heavy atom. The molecule has 0 spiro atoms. The topological polar surface area (TPSA) is 48.3 Å². The van der Waals surface area contributed by atoms with E-state index in [-0.39, 0.29) is 0 Å². The van der Waals surface area contributed by atoms with Crippen LogP contribution >= 0.6 is 0 Å². The summed E-state index contributed by atoms with van der Waals surface area (Å²) in [4.78, 5) is 8.21. The Hall–Kier alpha value is -2.98. The molecule has 0 bridgehead atoms. The predicted molar refractivity (Wildman–Crippen MR) is 118 cm³/mol. The molecule has 4 nitrogen and oxygen atoms in total. The Labute approximate surface area is 167 Å². The predicted octanol–water partition coefficient (Wildman–Crippen LogP) is 4.27. The van der Waals surface area contributed by atoms with Crippen molar-refractivity contribution in [1.82, 2.24) is 14.8 Å². The van der Waals surface area contributed by atoms with Gasteiger partial charge in [0, 0.05) is 66.3 Å². The molecule has 28 heavy (non-hydrogen) atoms. The number of hydrogen-bond donors (Lipinski definition) is 2. The normalized spacial score (nSPS) is 17.8. The van der Waals surface area contributed by atoms with Gasteiger partial charge < -0.3 is 15.6 Å². The van der Waals surface area contributed by atoms with Crippen LogP contribution in [0.1, 0.15) is 23.6 Å². The van der Waals surface area contributed by atoms with Crippen LogP contribution in [0.5, 0.6) is 0 Å². The summed E-state index contributed by atoms with van der Waals surface area (Å²) in [6.45, 7) is 14.6. The second-order valence-corrected chi connectivity index (χ2v) is 7.70. The molecule has 4 rings (SSSR count). The number of rotatable bonds is 5. The van der Waals surface area contributed by atoms with Crippen LogP contribution in [-0.2, 0) is 6.54 Å². The summed E-state index contributed by atoms with van der Waals surface area (Å²) in [5.41, 5.74) is 12.1. The van der Waals surface area contributed by atoms with E-state index in [1.165, 1.54) is 5.56 Å². The molecule has 3 N–H and O–H groups in total. The number of benzene rings is 2. The van der Waals surface area contributed by atoms with E-state index in [0.717, 1.165) is 53.9 Å². The Balaban J connectivity index is 1.49. The average molecular weight is 373 g/mol. The number of nitrogens with one attached hydrogen (secondary N) is 1. The summed E-state index contributed by atoms with van der Waals surface area (Å²) in [5.74, 6) is 0. The minimum atomic E-state index is 0.413. The highest BCUT2D eigenvalue weighted by Gasteiger charge is 2.25. The van der Waals surface area contributed by atoms with Gasteiger partial charge in [-0.25, -0.2) is 0 Å². The number of piperazine rings is 1. The van der Waals surface area contributed by atoms with Crippen molar-refractivity contribution in [3.63, 3.8) is 0 Å². The van der Waals surface area contributed by atoms with Gasteiger partial charge in [0.1, 0.15) is 0 Å². The molecule has 1 saturated heterocycles. The number of nitrogens with zero attached hydrogens (tertiary/aromatic N) is 2. The standard InChI is InChI=1S/C24H28N4/c1-17-15-27(16-20-7-5-4-6-8-20)11-12-28(17)19(3)21-9-10-24-22(13-21)23(14-26-24)18(2)25/h4-10,13-14,17,26H,2-3,11-12,15-16,25H2,1H3. The van der Waals surface area contributed by atoms with Crippen LogP contribution in [0.3, 0.4) is 0 Å². The minimum Gasteiger partial charge on any atom is -0.399 e. The number of hydrogen-bond acceptors (Lipinski definition) is 3. The van der Waals surface area contributed by atoms with Crippen LogP contribution in [0, 0.1) is 0 Å². The third kappa shape index (κ3) is 3.56. The first-order valence-corrected chi connectivity index (χ1v) is 9.81. The van der Waals surface area contributed by atoms with E-state index in [1.807, 2.05) is 6.20 Å². The third-order valence-corrected chi connectivity index (χ3v) is 5.67. The molecule has 2 aromatic carbocycles. The van der Waals surface area contributed by atoms with E-state index >= 15 is 0 Å². The van der Waals surface area contributed by atoms with Crippen LogP contribution in [0.4, 0.5) is 0 Å². The van der Waals surface area contributed by atoms with E-state index in [4.69, 9.17) is 5.73 Å². The van der Waals surface area contributed by atoms with Gasteiger partial charge in [-0.1, -0.05) is 49.6 Å². The summed E-state index contributed by atoms with van der Waals surface area (Å²) in [6.07, 6.45) is 1.92. The van der Waals surface area contributed by atoms with Gasteiger partial charge in [-0.3, -0.25) is 4.90 Å². The molecule has 4 heteroatoms. The van der Waals surface area contributed by atoms with Crippen molar-refractivity contribution >= 4 is 22.3 Å². The first kappa shape index (κ1) is 18.4. The molecule has 0 aliphatic carbocycles. The highest BCUT2D eigenvalue weighted by atomic mass is 15.3. The van der Waals surface area contributed by atoms with E-state index in [9.17, 15) is 0 Å². The number of H-pyrrole nitrogens is 1. The number of fused-ring (bicyclic) bond motifs is 1. The molecular formula is C24H28N4. The van der Waals surface area contributed by atoms with Crippen LogP contribution < -0.4 is 5.73 Å². The molecule has 1 unspecified atom stereocenters. The van der Waals surface area contributed by atoms with Crippen LogP contribution in [0.15, 0.2) is 67.9 Å². The largest absolute Gasteiger partial charge is 0.399 e. The van der Waals surface area contributed by atoms with Crippen molar-refractivity contribution in [1.29, 1.82) is 0 Å². The highest BCUT2D eigenvalue weighted by Crippen LogP contribution is 2.29. The summed E-state index contributed by atoms with van der Waals surface area (Å²) >= 11 is 0. The molecule has 0 radical (unpaired) electrons. The van der Waals surface area contributed by atoms with Gasteiger partial charge in [0.05, 0.1) is 0 Å². The molecular weight excluding hydrogens is 344 g/mol. The van der Waals surface area contributed by atoms with Gasteiger partial charge in [0.2, 0.25) is 0 Å². The fourth-order valence-corrected chi connectivity index (χ4v) is 4.15. The molecule has 2 heterocycles. The van der Waals surface area contributed by atoms with Crippen molar-refractivity contribution in [2.75, 3.05) is 19.6 Å². The van der Waals surface area contributed by atoms with Crippen LogP contribution in [0.2, 0.25) is 0 Å². The molecule has 0 amide bonds. The maximum Gasteiger partial charge on any atom is 0.0461 e. The first-order valence-electron chi connectivity index (χ1n) is 9.81. The lowest BCUT2D eigenvalue weighted by Gasteiger charge is -2.42. The maximum atomic E-state index is 5.94. The van der Waals surface area contributed by atoms with Gasteiger partial charge >= 0.3 is 0 Å². The van der Waals surface area contributed by atoms with Gasteiger partial charge in [-0.2, -0.15) is 0 Å². The fraction of sp³-hybridized carbons (Fsp3) is 0.250. The van der Waals surface area contributed by atoms with Gasteiger partial charge in [-0.05, 0) is 30.2 Å². The average Bonchev–Trinajstić information content (AvgIpc) is 3.12. The molecule has 0 saturated carbocycles. The summed E-state index contributed by atoms with van der Waals surface area (Å²) in [5, 5.41) is 1.10. The van der Waals surface area contributed by atoms with Crippen LogP contribution in [0.25, 0.3) is 22.3 Å². The zero-order chi connectivity index (χ0) is 19.7. The molecule has 1 atom stereocenters. The monoisotopic (exact) mass is 372 g/mol. The Bertz CT molecular complexity index is 1000. The number of nitrogens with two attached hydrogens (primary N) is 1. The summed E-state index contributed by atoms with van der Waals surface area (Å²) in [7, 11) is 0. The zero-order valence-electron chi connectivity index (χ0n) is 16.5. The molecule has 1 aromatic heterocycles. The van der Waals surface area contributed by atoms with Crippen molar-refractivity contribution < 1.29 is 0 Å². The summed E-state index contributed by atoms with van der Waals surface area (Å²) in [6, 6.07) is 17.5. The van der Waals surface area contributed by atoms with E-state index < -0.39 is 0 Å². The number of aromatic nitrogens is 1. The highest BCUT2D eigenvalue weighted by molar-refractivity contribution is 5.93. The van der Waals surface area contributed by atoms with E-state index in [2.05, 4.69) is 83.4 Å². The molecule has 3 aromatic rings. The lowest BCUT2D eigenvalue weighted by atomic mass is 10.0. The molecule has 1 fully saturated rings. The summed E-state index contributed by atoms with van der Waals surface area (Å²) < 4.78 is 0. The molecule has 1 aliphatic rings. The Kier molecular flexibility index (Phi) is 4.97. The third-order valence-electron chi connectivity index (χ3n) is 5.67. The minimum absolute atomic E-state index is 0.413. The second kappa shape index (κ2) is 7.56. The van der Waals surface area contributed by atoms with Crippen molar-refractivity contribution in [2.45, 2.75) is 19.5 Å².